The number of nitrogens with zero attached hydrogens (tertiary/aromatic N) is 1. The van der Waals surface area contributed by atoms with Crippen LogP contribution in [0.1, 0.15) is 13.3 Å². The molecule has 1 N–H and O–H groups in total. The molecule has 0 heterocycles. The Hall–Kier alpha value is -1.44. The van der Waals surface area contributed by atoms with Crippen molar-refractivity contribution in [3.05, 3.63) is 36.1 Å². The van der Waals surface area contributed by atoms with Crippen LogP contribution in [0.4, 0.5) is 0 Å². The summed E-state index contributed by atoms with van der Waals surface area (Å²) in [5, 5.41) is 7.50. The van der Waals surface area contributed by atoms with Gasteiger partial charge in [0.25, 0.3) is 0 Å². The van der Waals surface area contributed by atoms with E-state index in [-0.39, 0.29) is 0 Å². The minimum atomic E-state index is 0.519. The van der Waals surface area contributed by atoms with Gasteiger partial charge in [0.1, 0.15) is 0 Å². The SMILES string of the molecule is CCC=N/C=C1/C=CC=CC1=N. The van der Waals surface area contributed by atoms with Crippen LogP contribution >= 0.6 is 0 Å². The minimum Gasteiger partial charge on any atom is -0.300 e. The predicted molar refractivity (Wildman–Crippen MR) is 52.9 cm³/mol. The van der Waals surface area contributed by atoms with Crippen LogP contribution in [0.3, 0.4) is 0 Å². The zero-order valence-corrected chi connectivity index (χ0v) is 7.12. The Morgan fingerprint density at radius 1 is 1.42 bits per heavy atom. The molecule has 0 atom stereocenters. The van der Waals surface area contributed by atoms with Gasteiger partial charge < -0.3 is 5.41 Å². The molecule has 0 spiro atoms. The van der Waals surface area contributed by atoms with Gasteiger partial charge in [0.2, 0.25) is 0 Å². The molecule has 2 nitrogen and oxygen atoms in total. The summed E-state index contributed by atoms with van der Waals surface area (Å²) in [6.45, 7) is 2.03. The summed E-state index contributed by atoms with van der Waals surface area (Å²) in [6.07, 6.45) is 11.9. The molecule has 0 amide bonds. The summed E-state index contributed by atoms with van der Waals surface area (Å²) in [4.78, 5) is 4.05. The molecule has 2 heteroatoms. The van der Waals surface area contributed by atoms with Crippen LogP contribution in [0, 0.1) is 5.41 Å². The fourth-order valence-electron chi connectivity index (χ4n) is 0.848. The van der Waals surface area contributed by atoms with Crippen molar-refractivity contribution in [2.24, 2.45) is 4.99 Å². The highest BCUT2D eigenvalue weighted by Crippen LogP contribution is 2.06. The van der Waals surface area contributed by atoms with Crippen molar-refractivity contribution >= 4 is 11.9 Å². The van der Waals surface area contributed by atoms with Crippen molar-refractivity contribution in [3.8, 4) is 0 Å². The smallest absolute Gasteiger partial charge is 0.0627 e. The number of allylic oxidation sites excluding steroid dienone is 5. The van der Waals surface area contributed by atoms with Gasteiger partial charge in [-0.3, -0.25) is 4.99 Å². The minimum absolute atomic E-state index is 0.519. The Labute approximate surface area is 72.5 Å². The summed E-state index contributed by atoms with van der Waals surface area (Å²) in [6, 6.07) is 0. The molecule has 12 heavy (non-hydrogen) atoms. The molecule has 0 fully saturated rings. The van der Waals surface area contributed by atoms with Gasteiger partial charge in [-0.25, -0.2) is 0 Å². The molecule has 0 aromatic carbocycles. The van der Waals surface area contributed by atoms with Crippen LogP contribution in [0.5, 0.6) is 0 Å². The molecular weight excluding hydrogens is 148 g/mol. The van der Waals surface area contributed by atoms with E-state index >= 15 is 0 Å². The fourth-order valence-corrected chi connectivity index (χ4v) is 0.848. The van der Waals surface area contributed by atoms with E-state index in [1.54, 1.807) is 12.3 Å². The fraction of sp³-hybridized carbons (Fsp3) is 0.200. The number of rotatable bonds is 2. The maximum atomic E-state index is 7.50. The molecule has 1 rings (SSSR count). The first-order chi connectivity index (χ1) is 5.84. The zero-order valence-electron chi connectivity index (χ0n) is 7.12. The van der Waals surface area contributed by atoms with Gasteiger partial charge >= 0.3 is 0 Å². The molecule has 0 unspecified atom stereocenters. The molecule has 0 saturated heterocycles. The second kappa shape index (κ2) is 4.44. The third-order valence-electron chi connectivity index (χ3n) is 1.46. The van der Waals surface area contributed by atoms with Crippen molar-refractivity contribution in [1.82, 2.24) is 0 Å². The Balaban J connectivity index is 2.69. The molecule has 0 aromatic rings. The van der Waals surface area contributed by atoms with Crippen LogP contribution in [0.15, 0.2) is 41.1 Å². The lowest BCUT2D eigenvalue weighted by Crippen LogP contribution is -1.96. The van der Waals surface area contributed by atoms with E-state index < -0.39 is 0 Å². The average molecular weight is 160 g/mol. The molecular formula is C10H12N2. The Bertz CT molecular complexity index is 280. The lowest BCUT2D eigenvalue weighted by Gasteiger charge is -2.00. The number of nitrogens with one attached hydrogen (secondary N) is 1. The molecule has 0 aromatic heterocycles. The van der Waals surface area contributed by atoms with Crippen LogP contribution in [0.2, 0.25) is 0 Å². The molecule has 1 aliphatic carbocycles. The molecule has 62 valence electrons. The topological polar surface area (TPSA) is 36.2 Å². The van der Waals surface area contributed by atoms with Gasteiger partial charge in [-0.2, -0.15) is 0 Å². The van der Waals surface area contributed by atoms with Gasteiger partial charge in [0, 0.05) is 18.0 Å². The zero-order chi connectivity index (χ0) is 8.81. The third kappa shape index (κ3) is 2.31. The van der Waals surface area contributed by atoms with Gasteiger partial charge in [-0.05, 0) is 12.5 Å². The van der Waals surface area contributed by atoms with E-state index in [0.29, 0.717) is 5.71 Å². The second-order valence-corrected chi connectivity index (χ2v) is 2.46. The third-order valence-corrected chi connectivity index (χ3v) is 1.46. The van der Waals surface area contributed by atoms with Gasteiger partial charge in [0.15, 0.2) is 0 Å². The summed E-state index contributed by atoms with van der Waals surface area (Å²) < 4.78 is 0. The van der Waals surface area contributed by atoms with Crippen molar-refractivity contribution < 1.29 is 0 Å². The predicted octanol–water partition coefficient (Wildman–Crippen LogP) is 2.50. The van der Waals surface area contributed by atoms with Gasteiger partial charge in [0.05, 0.1) is 5.71 Å². The Morgan fingerprint density at radius 2 is 2.17 bits per heavy atom. The first-order valence-electron chi connectivity index (χ1n) is 4.00. The highest BCUT2D eigenvalue weighted by molar-refractivity contribution is 6.09. The van der Waals surface area contributed by atoms with Crippen molar-refractivity contribution in [3.63, 3.8) is 0 Å². The largest absolute Gasteiger partial charge is 0.300 e. The maximum absolute atomic E-state index is 7.50. The first-order valence-corrected chi connectivity index (χ1v) is 4.00. The number of hydrogen-bond acceptors (Lipinski definition) is 2. The summed E-state index contributed by atoms with van der Waals surface area (Å²) >= 11 is 0. The second-order valence-electron chi connectivity index (χ2n) is 2.46. The first kappa shape index (κ1) is 8.65. The normalized spacial score (nSPS) is 19.8. The molecule has 0 radical (unpaired) electrons. The summed E-state index contributed by atoms with van der Waals surface area (Å²) in [5.41, 5.74) is 1.38. The quantitative estimate of drug-likeness (QED) is 0.602. The highest BCUT2D eigenvalue weighted by atomic mass is 14.7. The molecule has 0 saturated carbocycles. The van der Waals surface area contributed by atoms with E-state index in [1.165, 1.54) is 0 Å². The Morgan fingerprint density at radius 3 is 2.83 bits per heavy atom. The van der Waals surface area contributed by atoms with Crippen molar-refractivity contribution in [2.75, 3.05) is 0 Å². The van der Waals surface area contributed by atoms with Crippen LogP contribution < -0.4 is 0 Å². The molecule has 0 aliphatic heterocycles. The van der Waals surface area contributed by atoms with E-state index in [2.05, 4.69) is 4.99 Å². The van der Waals surface area contributed by atoms with Gasteiger partial charge in [-0.15, -0.1) is 0 Å². The van der Waals surface area contributed by atoms with E-state index in [4.69, 9.17) is 5.41 Å². The number of aliphatic imine (C=N–C) groups is 1. The summed E-state index contributed by atoms with van der Waals surface area (Å²) in [5.74, 6) is 0. The van der Waals surface area contributed by atoms with E-state index in [1.807, 2.05) is 31.4 Å². The van der Waals surface area contributed by atoms with Crippen LogP contribution in [-0.2, 0) is 0 Å². The number of hydrogen-bond donors (Lipinski definition) is 1. The molecule has 1 aliphatic rings. The van der Waals surface area contributed by atoms with Crippen LogP contribution in [-0.4, -0.2) is 11.9 Å². The monoisotopic (exact) mass is 160 g/mol. The lowest BCUT2D eigenvalue weighted by atomic mass is 10.1. The van der Waals surface area contributed by atoms with Gasteiger partial charge in [-0.1, -0.05) is 25.2 Å². The van der Waals surface area contributed by atoms with E-state index in [9.17, 15) is 0 Å². The van der Waals surface area contributed by atoms with Crippen molar-refractivity contribution in [2.45, 2.75) is 13.3 Å². The average Bonchev–Trinajstić information content (AvgIpc) is 2.09. The van der Waals surface area contributed by atoms with Crippen molar-refractivity contribution in [1.29, 1.82) is 5.41 Å². The summed E-state index contributed by atoms with van der Waals surface area (Å²) in [7, 11) is 0. The standard InChI is InChI=1S/C10H12N2/c1-2-7-12-8-9-5-3-4-6-10(9)11/h3-8,11H,2H2,1H3/b9-8-,11-10?,12-7?. The van der Waals surface area contributed by atoms with E-state index in [0.717, 1.165) is 12.0 Å². The molecule has 0 bridgehead atoms. The Kier molecular flexibility index (Phi) is 3.20. The van der Waals surface area contributed by atoms with Crippen LogP contribution in [0.25, 0.3) is 0 Å². The lowest BCUT2D eigenvalue weighted by molar-refractivity contribution is 1.31. The highest BCUT2D eigenvalue weighted by Gasteiger charge is 1.98. The maximum Gasteiger partial charge on any atom is 0.0627 e.